The lowest BCUT2D eigenvalue weighted by molar-refractivity contribution is -0.870. The van der Waals surface area contributed by atoms with Crippen LogP contribution in [-0.4, -0.2) is 69.4 Å². The Morgan fingerprint density at radius 3 is 1.36 bits per heavy atom. The predicted molar refractivity (Wildman–Crippen MR) is 307 cm³/mol. The first-order valence-corrected chi connectivity index (χ1v) is 30.9. The van der Waals surface area contributed by atoms with Crippen molar-refractivity contribution >= 4 is 19.7 Å². The molecule has 416 valence electrons. The third kappa shape index (κ3) is 52.1. The van der Waals surface area contributed by atoms with Gasteiger partial charge in [-0.2, -0.15) is 0 Å². The molecule has 0 saturated carbocycles. The number of phosphoric acid groups is 1. The monoisotopic (exact) mass is 1030 g/mol. The van der Waals surface area contributed by atoms with Crippen molar-refractivity contribution in [2.24, 2.45) is 0 Å². The van der Waals surface area contributed by atoms with E-state index >= 15 is 0 Å². The van der Waals surface area contributed by atoms with Crippen LogP contribution in [0.4, 0.5) is 0 Å². The minimum atomic E-state index is -4.70. The van der Waals surface area contributed by atoms with Crippen LogP contribution in [0.25, 0.3) is 0 Å². The molecule has 0 heterocycles. The van der Waals surface area contributed by atoms with Gasteiger partial charge in [0.25, 0.3) is 7.82 Å². The van der Waals surface area contributed by atoms with E-state index in [0.29, 0.717) is 30.3 Å². The van der Waals surface area contributed by atoms with Crippen molar-refractivity contribution in [3.8, 4) is 0 Å². The highest BCUT2D eigenvalue weighted by Crippen LogP contribution is 2.38. The summed E-state index contributed by atoms with van der Waals surface area (Å²) < 4.78 is 30.2. The lowest BCUT2D eigenvalue weighted by Crippen LogP contribution is -2.47. The Kier molecular flexibility index (Phi) is 49.6. The van der Waals surface area contributed by atoms with Crippen molar-refractivity contribution in [1.29, 1.82) is 0 Å². The smallest absolute Gasteiger partial charge is 0.306 e. The molecule has 0 spiro atoms. The molecule has 3 atom stereocenters. The maximum absolute atomic E-state index is 13.5. The van der Waals surface area contributed by atoms with Gasteiger partial charge in [0.2, 0.25) is 5.91 Å². The van der Waals surface area contributed by atoms with Gasteiger partial charge in [-0.25, -0.2) is 0 Å². The van der Waals surface area contributed by atoms with E-state index in [-0.39, 0.29) is 24.9 Å². The summed E-state index contributed by atoms with van der Waals surface area (Å²) in [5.41, 5.74) is 0. The molecule has 0 rings (SSSR count). The van der Waals surface area contributed by atoms with Gasteiger partial charge < -0.3 is 28.5 Å². The predicted octanol–water partition coefficient (Wildman–Crippen LogP) is 17.2. The topological polar surface area (TPSA) is 114 Å². The molecule has 0 aliphatic rings. The van der Waals surface area contributed by atoms with Crippen LogP contribution in [0.1, 0.15) is 245 Å². The molecule has 9 nitrogen and oxygen atoms in total. The molecular formula is C62H111N2O7P. The van der Waals surface area contributed by atoms with Crippen molar-refractivity contribution in [3.05, 3.63) is 85.1 Å². The Bertz CT molecular complexity index is 1510. The fourth-order valence-corrected chi connectivity index (χ4v) is 8.74. The Morgan fingerprint density at radius 2 is 0.889 bits per heavy atom. The number of ether oxygens (including phenoxy) is 1. The van der Waals surface area contributed by atoms with Crippen molar-refractivity contribution in [2.75, 3.05) is 40.9 Å². The second-order valence-electron chi connectivity index (χ2n) is 20.8. The van der Waals surface area contributed by atoms with E-state index in [4.69, 9.17) is 13.8 Å². The van der Waals surface area contributed by atoms with E-state index in [9.17, 15) is 19.0 Å². The zero-order chi connectivity index (χ0) is 52.9. The molecule has 0 saturated heterocycles. The summed E-state index contributed by atoms with van der Waals surface area (Å²) in [5, 5.41) is 3.01. The maximum atomic E-state index is 13.5. The van der Waals surface area contributed by atoms with E-state index in [2.05, 4.69) is 99.0 Å². The molecule has 0 aromatic carbocycles. The van der Waals surface area contributed by atoms with Gasteiger partial charge in [0, 0.05) is 12.8 Å². The molecular weight excluding hydrogens is 916 g/mol. The highest BCUT2D eigenvalue weighted by atomic mass is 31.2. The Labute approximate surface area is 444 Å². The van der Waals surface area contributed by atoms with Crippen molar-refractivity contribution < 1.29 is 37.3 Å². The van der Waals surface area contributed by atoms with Crippen LogP contribution >= 0.6 is 7.82 Å². The largest absolute Gasteiger partial charge is 0.756 e. The summed E-state index contributed by atoms with van der Waals surface area (Å²) in [5.74, 6) is -0.576. The lowest BCUT2D eigenvalue weighted by atomic mass is 10.1. The lowest BCUT2D eigenvalue weighted by Gasteiger charge is -2.30. The molecule has 0 fully saturated rings. The molecule has 0 radical (unpaired) electrons. The number of phosphoric ester groups is 1. The zero-order valence-electron chi connectivity index (χ0n) is 47.4. The summed E-state index contributed by atoms with van der Waals surface area (Å²) >= 11 is 0. The van der Waals surface area contributed by atoms with Crippen LogP contribution in [0.2, 0.25) is 0 Å². The van der Waals surface area contributed by atoms with Crippen LogP contribution in [-0.2, 0) is 27.9 Å². The molecule has 0 aromatic heterocycles. The Hall–Kier alpha value is -2.81. The highest BCUT2D eigenvalue weighted by molar-refractivity contribution is 7.45. The van der Waals surface area contributed by atoms with Crippen molar-refractivity contribution in [1.82, 2.24) is 5.32 Å². The number of likely N-dealkylation sites (N-methyl/N-ethyl adjacent to an activating group) is 1. The summed E-state index contributed by atoms with van der Waals surface area (Å²) in [6.07, 6.45) is 66.9. The molecule has 0 aliphatic carbocycles. The van der Waals surface area contributed by atoms with Crippen LogP contribution in [0.5, 0.6) is 0 Å². The van der Waals surface area contributed by atoms with Gasteiger partial charge in [0.05, 0.1) is 33.8 Å². The third-order valence-electron chi connectivity index (χ3n) is 12.6. The molecule has 1 N–H and O–H groups in total. The molecule has 72 heavy (non-hydrogen) atoms. The fourth-order valence-electron chi connectivity index (χ4n) is 8.01. The van der Waals surface area contributed by atoms with E-state index in [1.54, 1.807) is 0 Å². The number of allylic oxidation sites excluding steroid dienone is 13. The average molecular weight is 1030 g/mol. The normalized spacial score (nSPS) is 14.4. The number of nitrogens with one attached hydrogen (secondary N) is 1. The van der Waals surface area contributed by atoms with Crippen molar-refractivity contribution in [2.45, 2.75) is 258 Å². The first kappa shape index (κ1) is 69.2. The fraction of sp³-hybridized carbons (Fsp3) is 0.742. The summed E-state index contributed by atoms with van der Waals surface area (Å²) in [6, 6.07) is -0.904. The molecule has 0 bridgehead atoms. The van der Waals surface area contributed by atoms with Crippen LogP contribution in [0.15, 0.2) is 85.1 Å². The summed E-state index contributed by atoms with van der Waals surface area (Å²) in [6.45, 7) is 6.67. The standard InChI is InChI=1S/C62H111N2O7P/c1-7-10-13-16-19-22-25-27-29-30-31-32-33-34-35-36-39-42-45-48-51-54-61(65)63-59(58-70-72(67,68)69-57-56-64(4,5)6)60(53-50-47-44-41-38-24-21-18-15-12-9-3)71-62(66)55-52-49-46-43-40-37-28-26-23-20-17-14-11-8-2/h11,14,19-20,22-23,27,29,31-32,34-35,50,53,59-60H,7-10,12-13,15-18,21,24-26,28,30,33,36-49,51-52,54-58H2,1-6H3,(H-,63,65,67,68)/b14-11+,22-19-,23-20+,29-27-,32-31-,35-34-,53-50-. The van der Waals surface area contributed by atoms with Gasteiger partial charge in [-0.05, 0) is 102 Å². The van der Waals surface area contributed by atoms with E-state index in [1.807, 2.05) is 33.3 Å². The molecule has 10 heteroatoms. The van der Waals surface area contributed by atoms with Crippen LogP contribution in [0.3, 0.4) is 0 Å². The second-order valence-corrected chi connectivity index (χ2v) is 22.2. The number of nitrogens with zero attached hydrogens (tertiary/aromatic N) is 1. The minimum Gasteiger partial charge on any atom is -0.756 e. The second kappa shape index (κ2) is 51.7. The van der Waals surface area contributed by atoms with Gasteiger partial charge in [0.1, 0.15) is 19.3 Å². The quantitative estimate of drug-likeness (QED) is 0.0212. The number of esters is 1. The molecule has 3 unspecified atom stereocenters. The number of rotatable bonds is 52. The first-order valence-electron chi connectivity index (χ1n) is 29.4. The van der Waals surface area contributed by atoms with E-state index in [0.717, 1.165) is 109 Å². The van der Waals surface area contributed by atoms with Crippen LogP contribution < -0.4 is 10.2 Å². The number of hydrogen-bond donors (Lipinski definition) is 1. The van der Waals surface area contributed by atoms with Gasteiger partial charge in [-0.15, -0.1) is 0 Å². The zero-order valence-corrected chi connectivity index (χ0v) is 48.3. The maximum Gasteiger partial charge on any atom is 0.306 e. The summed E-state index contributed by atoms with van der Waals surface area (Å²) in [4.78, 5) is 39.9. The first-order chi connectivity index (χ1) is 34.9. The van der Waals surface area contributed by atoms with Gasteiger partial charge in [-0.1, -0.05) is 215 Å². The average Bonchev–Trinajstić information content (AvgIpc) is 3.34. The van der Waals surface area contributed by atoms with Crippen LogP contribution in [0, 0.1) is 0 Å². The SMILES string of the molecule is CC/C=C/C/C=C/CCCCCCCCCC(=O)OC(/C=C\CCCCCCCCCCC)C(COP(=O)([O-])OCC[N+](C)(C)C)NC(=O)CCCCCCC/C=C\C/C=C\C/C=C\C/C=C\CCCCC. The van der Waals surface area contributed by atoms with E-state index < -0.39 is 26.6 Å². The molecule has 0 aliphatic heterocycles. The highest BCUT2D eigenvalue weighted by Gasteiger charge is 2.27. The molecule has 0 aromatic rings. The third-order valence-corrected chi connectivity index (χ3v) is 13.5. The Balaban J connectivity index is 5.30. The summed E-state index contributed by atoms with van der Waals surface area (Å²) in [7, 11) is 1.16. The molecule has 1 amide bonds. The van der Waals surface area contributed by atoms with E-state index in [1.165, 1.54) is 89.9 Å². The Morgan fingerprint density at radius 1 is 0.500 bits per heavy atom. The number of hydrogen-bond acceptors (Lipinski definition) is 7. The number of amides is 1. The van der Waals surface area contributed by atoms with Gasteiger partial charge in [0.15, 0.2) is 0 Å². The number of unbranched alkanes of at least 4 members (excludes halogenated alkanes) is 24. The minimum absolute atomic E-state index is 0.0313. The van der Waals surface area contributed by atoms with Gasteiger partial charge in [-0.3, -0.25) is 14.2 Å². The number of carbonyl (C=O) groups excluding carboxylic acids is 2. The van der Waals surface area contributed by atoms with Gasteiger partial charge >= 0.3 is 5.97 Å². The van der Waals surface area contributed by atoms with Crippen molar-refractivity contribution in [3.63, 3.8) is 0 Å². The number of carbonyl (C=O) groups is 2. The number of quaternary nitrogens is 1.